The van der Waals surface area contributed by atoms with Crippen molar-refractivity contribution < 1.29 is 0 Å². The molecule has 2 rings (SSSR count). The lowest BCUT2D eigenvalue weighted by atomic mass is 9.69. The van der Waals surface area contributed by atoms with E-state index in [1.54, 1.807) is 0 Å². The van der Waals surface area contributed by atoms with Gasteiger partial charge in [-0.1, -0.05) is 33.6 Å². The summed E-state index contributed by atoms with van der Waals surface area (Å²) >= 11 is 0. The van der Waals surface area contributed by atoms with Crippen molar-refractivity contribution in [3.63, 3.8) is 0 Å². The van der Waals surface area contributed by atoms with Crippen LogP contribution in [-0.4, -0.2) is 16.0 Å². The highest BCUT2D eigenvalue weighted by Gasteiger charge is 2.33. The van der Waals surface area contributed by atoms with E-state index in [1.807, 2.05) is 19.3 Å². The predicted molar refractivity (Wildman–Crippen MR) is 78.8 cm³/mol. The Balaban J connectivity index is 1.94. The van der Waals surface area contributed by atoms with Gasteiger partial charge in [0.2, 0.25) is 0 Å². The molecule has 0 saturated heterocycles. The summed E-state index contributed by atoms with van der Waals surface area (Å²) in [5.74, 6) is 0.764. The zero-order chi connectivity index (χ0) is 13.9. The van der Waals surface area contributed by atoms with Crippen molar-refractivity contribution >= 4 is 0 Å². The Labute approximate surface area is 117 Å². The van der Waals surface area contributed by atoms with Crippen LogP contribution in [-0.2, 0) is 6.54 Å². The molecule has 1 aliphatic carbocycles. The average molecular weight is 261 g/mol. The van der Waals surface area contributed by atoms with Crippen LogP contribution >= 0.6 is 0 Å². The maximum Gasteiger partial charge on any atom is 0.0724 e. The van der Waals surface area contributed by atoms with Gasteiger partial charge in [-0.05, 0) is 31.1 Å². The number of nitrogens with zero attached hydrogens (tertiary/aromatic N) is 2. The number of aryl methyl sites for hydroxylation is 1. The lowest BCUT2D eigenvalue weighted by molar-refractivity contribution is 0.130. The highest BCUT2D eigenvalue weighted by molar-refractivity contribution is 5.01. The minimum absolute atomic E-state index is 0.386. The minimum atomic E-state index is 0.386. The largest absolute Gasteiger partial charge is 0.308 e. The molecule has 1 aromatic heterocycles. The van der Waals surface area contributed by atoms with Gasteiger partial charge in [-0.3, -0.25) is 9.97 Å². The highest BCUT2D eigenvalue weighted by atomic mass is 15.0. The van der Waals surface area contributed by atoms with Gasteiger partial charge in [0.05, 0.1) is 11.4 Å². The SMILES string of the molecule is Cc1cnc(CNC2CCCCC2C(C)(C)C)cn1. The van der Waals surface area contributed by atoms with Gasteiger partial charge in [-0.25, -0.2) is 0 Å². The first kappa shape index (κ1) is 14.4. The molecular formula is C16H27N3. The Morgan fingerprint density at radius 3 is 2.53 bits per heavy atom. The monoisotopic (exact) mass is 261 g/mol. The first-order chi connectivity index (χ1) is 8.97. The molecule has 1 aliphatic rings. The Kier molecular flexibility index (Phi) is 4.56. The first-order valence-corrected chi connectivity index (χ1v) is 7.48. The summed E-state index contributed by atoms with van der Waals surface area (Å²) in [7, 11) is 0. The van der Waals surface area contributed by atoms with Crippen LogP contribution in [0, 0.1) is 18.3 Å². The lowest BCUT2D eigenvalue weighted by Crippen LogP contribution is -2.44. The summed E-state index contributed by atoms with van der Waals surface area (Å²) in [4.78, 5) is 8.73. The number of hydrogen-bond donors (Lipinski definition) is 1. The van der Waals surface area contributed by atoms with Gasteiger partial charge in [0.1, 0.15) is 0 Å². The second kappa shape index (κ2) is 6.00. The molecule has 106 valence electrons. The van der Waals surface area contributed by atoms with Gasteiger partial charge < -0.3 is 5.32 Å². The van der Waals surface area contributed by atoms with E-state index < -0.39 is 0 Å². The normalized spacial score (nSPS) is 24.4. The van der Waals surface area contributed by atoms with Crippen molar-refractivity contribution in [2.75, 3.05) is 0 Å². The van der Waals surface area contributed by atoms with Crippen molar-refractivity contribution in [2.45, 2.75) is 66.0 Å². The van der Waals surface area contributed by atoms with Crippen LogP contribution in [0.2, 0.25) is 0 Å². The maximum atomic E-state index is 4.42. The van der Waals surface area contributed by atoms with Crippen LogP contribution in [0.25, 0.3) is 0 Å². The molecule has 3 heteroatoms. The molecule has 19 heavy (non-hydrogen) atoms. The van der Waals surface area contributed by atoms with E-state index in [4.69, 9.17) is 0 Å². The molecule has 1 heterocycles. The number of aromatic nitrogens is 2. The number of nitrogens with one attached hydrogen (secondary N) is 1. The smallest absolute Gasteiger partial charge is 0.0724 e. The number of rotatable bonds is 3. The van der Waals surface area contributed by atoms with Crippen molar-refractivity contribution in [1.29, 1.82) is 0 Å². The van der Waals surface area contributed by atoms with Gasteiger partial charge in [-0.2, -0.15) is 0 Å². The fourth-order valence-corrected chi connectivity index (χ4v) is 3.16. The van der Waals surface area contributed by atoms with Crippen molar-refractivity contribution in [2.24, 2.45) is 11.3 Å². The second-order valence-electron chi connectivity index (χ2n) is 6.89. The molecule has 0 radical (unpaired) electrons. The molecule has 2 unspecified atom stereocenters. The zero-order valence-electron chi connectivity index (χ0n) is 12.7. The van der Waals surface area contributed by atoms with Crippen LogP contribution < -0.4 is 5.32 Å². The fourth-order valence-electron chi connectivity index (χ4n) is 3.16. The van der Waals surface area contributed by atoms with Gasteiger partial charge in [0, 0.05) is 25.0 Å². The van der Waals surface area contributed by atoms with Crippen molar-refractivity contribution in [1.82, 2.24) is 15.3 Å². The standard InChI is InChI=1S/C16H27N3/c1-12-9-18-13(10-17-12)11-19-15-8-6-5-7-14(15)16(2,3)4/h9-10,14-15,19H,5-8,11H2,1-4H3. The summed E-state index contributed by atoms with van der Waals surface area (Å²) in [6.07, 6.45) is 9.10. The minimum Gasteiger partial charge on any atom is -0.308 e. The molecule has 0 amide bonds. The van der Waals surface area contributed by atoms with E-state index in [1.165, 1.54) is 25.7 Å². The molecule has 2 atom stereocenters. The Morgan fingerprint density at radius 1 is 1.16 bits per heavy atom. The predicted octanol–water partition coefficient (Wildman–Crippen LogP) is 3.48. The molecule has 1 saturated carbocycles. The third kappa shape index (κ3) is 4.00. The molecule has 1 fully saturated rings. The van der Waals surface area contributed by atoms with Gasteiger partial charge in [0.15, 0.2) is 0 Å². The Bertz CT molecular complexity index is 391. The molecule has 1 aromatic rings. The summed E-state index contributed by atoms with van der Waals surface area (Å²) in [6.45, 7) is 9.90. The quantitative estimate of drug-likeness (QED) is 0.905. The van der Waals surface area contributed by atoms with E-state index in [-0.39, 0.29) is 0 Å². The fraction of sp³-hybridized carbons (Fsp3) is 0.750. The van der Waals surface area contributed by atoms with Gasteiger partial charge in [0.25, 0.3) is 0 Å². The molecule has 3 nitrogen and oxygen atoms in total. The van der Waals surface area contributed by atoms with Crippen LogP contribution in [0.4, 0.5) is 0 Å². The topological polar surface area (TPSA) is 37.8 Å². The molecule has 0 aromatic carbocycles. The van der Waals surface area contributed by atoms with E-state index in [9.17, 15) is 0 Å². The van der Waals surface area contributed by atoms with Crippen LogP contribution in [0.5, 0.6) is 0 Å². The summed E-state index contributed by atoms with van der Waals surface area (Å²) in [6, 6.07) is 0.622. The van der Waals surface area contributed by atoms with Crippen LogP contribution in [0.15, 0.2) is 12.4 Å². The van der Waals surface area contributed by atoms with Crippen LogP contribution in [0.3, 0.4) is 0 Å². The third-order valence-corrected chi connectivity index (χ3v) is 4.26. The second-order valence-corrected chi connectivity index (χ2v) is 6.89. The van der Waals surface area contributed by atoms with E-state index >= 15 is 0 Å². The number of hydrogen-bond acceptors (Lipinski definition) is 3. The molecule has 0 spiro atoms. The lowest BCUT2D eigenvalue weighted by Gasteiger charge is -2.41. The average Bonchev–Trinajstić information content (AvgIpc) is 2.37. The van der Waals surface area contributed by atoms with E-state index in [0.717, 1.165) is 23.9 Å². The van der Waals surface area contributed by atoms with Crippen molar-refractivity contribution in [3.8, 4) is 0 Å². The zero-order valence-corrected chi connectivity index (χ0v) is 12.7. The van der Waals surface area contributed by atoms with Gasteiger partial charge >= 0.3 is 0 Å². The molecule has 0 aliphatic heterocycles. The molecule has 1 N–H and O–H groups in total. The van der Waals surface area contributed by atoms with E-state index in [2.05, 4.69) is 36.1 Å². The summed E-state index contributed by atoms with van der Waals surface area (Å²) in [5.41, 5.74) is 2.41. The molecular weight excluding hydrogens is 234 g/mol. The van der Waals surface area contributed by atoms with Crippen molar-refractivity contribution in [3.05, 3.63) is 23.8 Å². The maximum absolute atomic E-state index is 4.42. The van der Waals surface area contributed by atoms with Crippen LogP contribution in [0.1, 0.15) is 57.8 Å². The summed E-state index contributed by atoms with van der Waals surface area (Å²) in [5, 5.41) is 3.71. The van der Waals surface area contributed by atoms with E-state index in [0.29, 0.717) is 11.5 Å². The van der Waals surface area contributed by atoms with Gasteiger partial charge in [-0.15, -0.1) is 0 Å². The Morgan fingerprint density at radius 2 is 1.89 bits per heavy atom. The Hall–Kier alpha value is -0.960. The highest BCUT2D eigenvalue weighted by Crippen LogP contribution is 2.38. The molecule has 0 bridgehead atoms. The third-order valence-electron chi connectivity index (χ3n) is 4.26. The first-order valence-electron chi connectivity index (χ1n) is 7.48. The summed E-state index contributed by atoms with van der Waals surface area (Å²) < 4.78 is 0.